The molecule has 0 spiro atoms. The van der Waals surface area contributed by atoms with E-state index in [-0.39, 0.29) is 11.7 Å². The molecule has 6 heteroatoms. The number of hydrogen-bond acceptors (Lipinski definition) is 1. The molecule has 0 aliphatic carbocycles. The number of alkyl halides is 3. The molecule has 0 aliphatic heterocycles. The maximum atomic E-state index is 11.7. The number of hydrogen-bond donors (Lipinski definition) is 2. The molecule has 0 amide bonds. The third-order valence-electron chi connectivity index (χ3n) is 1.23. The third-order valence-corrected chi connectivity index (χ3v) is 1.52. The molecule has 13 heavy (non-hydrogen) atoms. The normalized spacial score (nSPS) is 11.1. The second-order valence-electron chi connectivity index (χ2n) is 2.55. The first kappa shape index (κ1) is 12.5. The second-order valence-corrected chi connectivity index (χ2v) is 2.96. The number of rotatable bonds is 4. The molecule has 0 aromatic heterocycles. The fourth-order valence-corrected chi connectivity index (χ4v) is 0.823. The van der Waals surface area contributed by atoms with Crippen molar-refractivity contribution in [2.75, 3.05) is 13.1 Å². The van der Waals surface area contributed by atoms with E-state index in [0.717, 1.165) is 6.42 Å². The highest BCUT2D eigenvalue weighted by molar-refractivity contribution is 7.80. The minimum Gasteiger partial charge on any atom is -0.363 e. The van der Waals surface area contributed by atoms with Crippen LogP contribution < -0.4 is 10.6 Å². The molecular weight excluding hydrogens is 201 g/mol. The van der Waals surface area contributed by atoms with E-state index < -0.39 is 12.6 Å². The summed E-state index contributed by atoms with van der Waals surface area (Å²) in [5, 5.41) is 5.53. The van der Waals surface area contributed by atoms with Crippen LogP contribution in [0.1, 0.15) is 19.8 Å². The lowest BCUT2D eigenvalue weighted by Crippen LogP contribution is -2.37. The van der Waals surface area contributed by atoms with Crippen LogP contribution in [0.4, 0.5) is 13.2 Å². The van der Waals surface area contributed by atoms with Gasteiger partial charge in [-0.25, -0.2) is 0 Å². The highest BCUT2D eigenvalue weighted by Gasteiger charge is 2.26. The van der Waals surface area contributed by atoms with Gasteiger partial charge in [0.15, 0.2) is 5.11 Å². The first-order valence-electron chi connectivity index (χ1n) is 4.04. The molecule has 0 aromatic rings. The van der Waals surface area contributed by atoms with Crippen molar-refractivity contribution in [2.45, 2.75) is 25.9 Å². The van der Waals surface area contributed by atoms with Crippen molar-refractivity contribution in [3.63, 3.8) is 0 Å². The first-order chi connectivity index (χ1) is 5.95. The highest BCUT2D eigenvalue weighted by atomic mass is 32.1. The van der Waals surface area contributed by atoms with E-state index in [0.29, 0.717) is 6.54 Å². The van der Waals surface area contributed by atoms with Crippen molar-refractivity contribution in [1.29, 1.82) is 0 Å². The van der Waals surface area contributed by atoms with Crippen molar-refractivity contribution in [3.8, 4) is 0 Å². The zero-order chi connectivity index (χ0) is 10.3. The van der Waals surface area contributed by atoms with Gasteiger partial charge < -0.3 is 10.6 Å². The average molecular weight is 214 g/mol. The standard InChI is InChI=1S/C7H13F3N2S/c1-2-4-11-6(13)12-5-3-7(8,9)10/h2-5H2,1H3,(H2,11,12,13). The molecule has 0 fully saturated rings. The molecule has 0 radical (unpaired) electrons. The molecule has 0 bridgehead atoms. The number of thiocarbonyl (C=S) groups is 1. The monoisotopic (exact) mass is 214 g/mol. The van der Waals surface area contributed by atoms with Crippen molar-refractivity contribution in [2.24, 2.45) is 0 Å². The Morgan fingerprint density at radius 2 is 1.77 bits per heavy atom. The van der Waals surface area contributed by atoms with Crippen LogP contribution in [0.15, 0.2) is 0 Å². The Balaban J connectivity index is 3.37. The maximum absolute atomic E-state index is 11.7. The predicted octanol–water partition coefficient (Wildman–Crippen LogP) is 1.81. The number of halogens is 3. The van der Waals surface area contributed by atoms with E-state index in [1.807, 2.05) is 6.92 Å². The smallest absolute Gasteiger partial charge is 0.363 e. The van der Waals surface area contributed by atoms with E-state index in [2.05, 4.69) is 10.6 Å². The lowest BCUT2D eigenvalue weighted by molar-refractivity contribution is -0.132. The third kappa shape index (κ3) is 9.39. The van der Waals surface area contributed by atoms with E-state index in [1.54, 1.807) is 0 Å². The SMILES string of the molecule is CCCNC(=S)NCCC(F)(F)F. The summed E-state index contributed by atoms with van der Waals surface area (Å²) in [4.78, 5) is 0. The summed E-state index contributed by atoms with van der Waals surface area (Å²) in [7, 11) is 0. The predicted molar refractivity (Wildman–Crippen MR) is 49.6 cm³/mol. The first-order valence-corrected chi connectivity index (χ1v) is 4.45. The molecule has 0 aliphatic rings. The summed E-state index contributed by atoms with van der Waals surface area (Å²) in [5.41, 5.74) is 0. The summed E-state index contributed by atoms with van der Waals surface area (Å²) in [6, 6.07) is 0. The quantitative estimate of drug-likeness (QED) is 0.698. The van der Waals surface area contributed by atoms with Crippen LogP contribution in [0.25, 0.3) is 0 Å². The summed E-state index contributed by atoms with van der Waals surface area (Å²) >= 11 is 4.72. The largest absolute Gasteiger partial charge is 0.390 e. The highest BCUT2D eigenvalue weighted by Crippen LogP contribution is 2.17. The van der Waals surface area contributed by atoms with Crippen LogP contribution in [-0.2, 0) is 0 Å². The Morgan fingerprint density at radius 3 is 2.23 bits per heavy atom. The Labute approximate surface area is 80.9 Å². The average Bonchev–Trinajstić information content (AvgIpc) is 1.98. The minimum absolute atomic E-state index is 0.168. The molecule has 0 heterocycles. The van der Waals surface area contributed by atoms with Gasteiger partial charge in [0.25, 0.3) is 0 Å². The van der Waals surface area contributed by atoms with Gasteiger partial charge in [-0.15, -0.1) is 0 Å². The van der Waals surface area contributed by atoms with Gasteiger partial charge in [0, 0.05) is 13.1 Å². The molecule has 0 aromatic carbocycles. The van der Waals surface area contributed by atoms with Gasteiger partial charge in [0.05, 0.1) is 6.42 Å². The van der Waals surface area contributed by atoms with Crippen molar-refractivity contribution < 1.29 is 13.2 Å². The van der Waals surface area contributed by atoms with Crippen molar-refractivity contribution >= 4 is 17.3 Å². The fraction of sp³-hybridized carbons (Fsp3) is 0.857. The van der Waals surface area contributed by atoms with Crippen LogP contribution in [-0.4, -0.2) is 24.4 Å². The van der Waals surface area contributed by atoms with Crippen LogP contribution >= 0.6 is 12.2 Å². The zero-order valence-electron chi connectivity index (χ0n) is 7.37. The molecule has 0 rings (SSSR count). The molecule has 2 N–H and O–H groups in total. The van der Waals surface area contributed by atoms with Gasteiger partial charge in [0.2, 0.25) is 0 Å². The molecule has 2 nitrogen and oxygen atoms in total. The summed E-state index contributed by atoms with van der Waals surface area (Å²) in [5.74, 6) is 0. The van der Waals surface area contributed by atoms with E-state index >= 15 is 0 Å². The van der Waals surface area contributed by atoms with Gasteiger partial charge in [-0.2, -0.15) is 13.2 Å². The Bertz CT molecular complexity index is 158. The van der Waals surface area contributed by atoms with Gasteiger partial charge in [0.1, 0.15) is 0 Å². The molecule has 0 saturated heterocycles. The zero-order valence-corrected chi connectivity index (χ0v) is 8.19. The Morgan fingerprint density at radius 1 is 1.23 bits per heavy atom. The van der Waals surface area contributed by atoms with Gasteiger partial charge in [-0.1, -0.05) is 6.92 Å². The summed E-state index contributed by atoms with van der Waals surface area (Å²) in [6.07, 6.45) is -4.09. The van der Waals surface area contributed by atoms with E-state index in [9.17, 15) is 13.2 Å². The lowest BCUT2D eigenvalue weighted by atomic mass is 10.4. The molecule has 0 unspecified atom stereocenters. The number of nitrogens with one attached hydrogen (secondary N) is 2. The Hall–Kier alpha value is -0.520. The second kappa shape index (κ2) is 6.01. The molecule has 78 valence electrons. The van der Waals surface area contributed by atoms with Gasteiger partial charge in [-0.05, 0) is 18.6 Å². The van der Waals surface area contributed by atoms with Crippen molar-refractivity contribution in [3.05, 3.63) is 0 Å². The fourth-order valence-electron chi connectivity index (χ4n) is 0.619. The van der Waals surface area contributed by atoms with Crippen molar-refractivity contribution in [1.82, 2.24) is 10.6 Å². The summed E-state index contributed by atoms with van der Waals surface area (Å²) in [6.45, 7) is 2.46. The van der Waals surface area contributed by atoms with Gasteiger partial charge in [-0.3, -0.25) is 0 Å². The van der Waals surface area contributed by atoms with E-state index in [1.165, 1.54) is 0 Å². The lowest BCUT2D eigenvalue weighted by Gasteiger charge is -2.10. The molecule has 0 atom stereocenters. The Kier molecular flexibility index (Phi) is 5.77. The molecule has 0 saturated carbocycles. The van der Waals surface area contributed by atoms with Crippen LogP contribution in [0.2, 0.25) is 0 Å². The summed E-state index contributed by atoms with van der Waals surface area (Å²) < 4.78 is 35.0. The minimum atomic E-state index is -4.12. The molecular formula is C7H13F3N2S. The van der Waals surface area contributed by atoms with Crippen LogP contribution in [0.5, 0.6) is 0 Å². The van der Waals surface area contributed by atoms with Crippen LogP contribution in [0.3, 0.4) is 0 Å². The topological polar surface area (TPSA) is 24.1 Å². The van der Waals surface area contributed by atoms with Crippen LogP contribution in [0, 0.1) is 0 Å². The van der Waals surface area contributed by atoms with Gasteiger partial charge >= 0.3 is 6.18 Å². The maximum Gasteiger partial charge on any atom is 0.390 e. The van der Waals surface area contributed by atoms with E-state index in [4.69, 9.17) is 12.2 Å².